The molecule has 1 aliphatic heterocycles. The average molecular weight is 415 g/mol. The van der Waals surface area contributed by atoms with Crippen LogP contribution >= 0.6 is 0 Å². The lowest BCUT2D eigenvalue weighted by Gasteiger charge is -2.27. The molecule has 0 spiro atoms. The number of ether oxygens (including phenoxy) is 1. The number of nitrogens with one attached hydrogen (secondary N) is 1. The highest BCUT2D eigenvalue weighted by Crippen LogP contribution is 2.26. The third-order valence-electron chi connectivity index (χ3n) is 5.11. The molecule has 7 nitrogen and oxygen atoms in total. The standard InChI is InChI=1S/C24H21N3O4/c1-3-17-6-4-5-7-21(17)27-23(29)20(22(28)25-24(27)30)14-16-12-13-26(15-16)18-8-10-19(31-2)11-9-18/h4-15H,3H2,1-2H3,(H,25,28,30)/b20-14-. The van der Waals surface area contributed by atoms with Crippen molar-refractivity contribution in [2.24, 2.45) is 0 Å². The molecule has 1 saturated heterocycles. The number of aromatic nitrogens is 1. The molecule has 4 amide bonds. The topological polar surface area (TPSA) is 80.6 Å². The van der Waals surface area contributed by atoms with Gasteiger partial charge in [-0.15, -0.1) is 0 Å². The zero-order valence-corrected chi connectivity index (χ0v) is 17.2. The molecule has 31 heavy (non-hydrogen) atoms. The number of hydrogen-bond donors (Lipinski definition) is 1. The average Bonchev–Trinajstić information content (AvgIpc) is 3.25. The van der Waals surface area contributed by atoms with E-state index < -0.39 is 17.8 Å². The smallest absolute Gasteiger partial charge is 0.335 e. The molecule has 2 heterocycles. The minimum absolute atomic E-state index is 0.0991. The van der Waals surface area contributed by atoms with E-state index in [4.69, 9.17) is 4.74 Å². The van der Waals surface area contributed by atoms with Gasteiger partial charge in [0.2, 0.25) is 0 Å². The van der Waals surface area contributed by atoms with Crippen molar-refractivity contribution >= 4 is 29.6 Å². The number of amides is 4. The lowest BCUT2D eigenvalue weighted by molar-refractivity contribution is -0.122. The molecule has 0 bridgehead atoms. The molecule has 0 unspecified atom stereocenters. The fraction of sp³-hybridized carbons (Fsp3) is 0.125. The Balaban J connectivity index is 1.67. The van der Waals surface area contributed by atoms with Crippen molar-refractivity contribution in [2.75, 3.05) is 12.0 Å². The molecule has 0 atom stereocenters. The fourth-order valence-electron chi connectivity index (χ4n) is 3.48. The number of methoxy groups -OCH3 is 1. The molecule has 0 saturated carbocycles. The van der Waals surface area contributed by atoms with E-state index in [9.17, 15) is 14.4 Å². The van der Waals surface area contributed by atoms with Gasteiger partial charge in [-0.2, -0.15) is 0 Å². The Morgan fingerprint density at radius 1 is 1.00 bits per heavy atom. The molecule has 3 aromatic rings. The predicted octanol–water partition coefficient (Wildman–Crippen LogP) is 3.71. The monoisotopic (exact) mass is 415 g/mol. The van der Waals surface area contributed by atoms with E-state index in [2.05, 4.69) is 5.32 Å². The van der Waals surface area contributed by atoms with E-state index in [1.165, 1.54) is 6.08 Å². The summed E-state index contributed by atoms with van der Waals surface area (Å²) in [6.07, 6.45) is 5.77. The predicted molar refractivity (Wildman–Crippen MR) is 117 cm³/mol. The van der Waals surface area contributed by atoms with E-state index in [-0.39, 0.29) is 5.57 Å². The fourth-order valence-corrected chi connectivity index (χ4v) is 3.48. The summed E-state index contributed by atoms with van der Waals surface area (Å²) in [5.41, 5.74) is 2.77. The van der Waals surface area contributed by atoms with Crippen LogP contribution in [0.3, 0.4) is 0 Å². The molecule has 7 heteroatoms. The van der Waals surface area contributed by atoms with Gasteiger partial charge in [0.1, 0.15) is 11.3 Å². The number of imide groups is 2. The summed E-state index contributed by atoms with van der Waals surface area (Å²) in [4.78, 5) is 39.0. The minimum Gasteiger partial charge on any atom is -0.497 e. The molecule has 0 aliphatic carbocycles. The molecule has 156 valence electrons. The summed E-state index contributed by atoms with van der Waals surface area (Å²) < 4.78 is 7.04. The van der Waals surface area contributed by atoms with Gasteiger partial charge in [0.15, 0.2) is 0 Å². The van der Waals surface area contributed by atoms with Gasteiger partial charge in [-0.3, -0.25) is 14.9 Å². The Labute approximate surface area is 179 Å². The van der Waals surface area contributed by atoms with E-state index in [0.717, 1.165) is 21.9 Å². The van der Waals surface area contributed by atoms with E-state index >= 15 is 0 Å². The quantitative estimate of drug-likeness (QED) is 0.509. The number of para-hydroxylation sites is 1. The highest BCUT2D eigenvalue weighted by atomic mass is 16.5. The van der Waals surface area contributed by atoms with Crippen LogP contribution in [0.25, 0.3) is 11.8 Å². The lowest BCUT2D eigenvalue weighted by atomic mass is 10.1. The summed E-state index contributed by atoms with van der Waals surface area (Å²) >= 11 is 0. The second-order valence-corrected chi connectivity index (χ2v) is 6.99. The molecule has 1 N–H and O–H groups in total. The largest absolute Gasteiger partial charge is 0.497 e. The maximum atomic E-state index is 13.1. The number of carbonyl (C=O) groups is 3. The molecular formula is C24H21N3O4. The molecular weight excluding hydrogens is 394 g/mol. The number of nitrogens with zero attached hydrogens (tertiary/aromatic N) is 2. The third-order valence-corrected chi connectivity index (χ3v) is 5.11. The molecule has 1 fully saturated rings. The van der Waals surface area contributed by atoms with Gasteiger partial charge in [-0.1, -0.05) is 25.1 Å². The molecule has 4 rings (SSSR count). The SMILES string of the molecule is CCc1ccccc1N1C(=O)NC(=O)/C(=C/c2ccn(-c3ccc(OC)cc3)c2)C1=O. The Hall–Kier alpha value is -4.13. The first-order chi connectivity index (χ1) is 15.0. The number of benzene rings is 2. The Bertz CT molecular complexity index is 1190. The van der Waals surface area contributed by atoms with Crippen molar-refractivity contribution < 1.29 is 19.1 Å². The lowest BCUT2D eigenvalue weighted by Crippen LogP contribution is -2.54. The number of urea groups is 1. The van der Waals surface area contributed by atoms with Gasteiger partial charge in [-0.05, 0) is 60.0 Å². The van der Waals surface area contributed by atoms with Crippen molar-refractivity contribution in [1.29, 1.82) is 0 Å². The highest BCUT2D eigenvalue weighted by molar-refractivity contribution is 6.39. The zero-order chi connectivity index (χ0) is 22.0. The summed E-state index contributed by atoms with van der Waals surface area (Å²) in [5.74, 6) is -0.607. The van der Waals surface area contributed by atoms with Crippen LogP contribution in [0.15, 0.2) is 72.6 Å². The molecule has 1 aliphatic rings. The first-order valence-electron chi connectivity index (χ1n) is 9.83. The summed E-state index contributed by atoms with van der Waals surface area (Å²) in [7, 11) is 1.61. The van der Waals surface area contributed by atoms with Gasteiger partial charge in [-0.25, -0.2) is 9.69 Å². The number of hydrogen-bond acceptors (Lipinski definition) is 4. The van der Waals surface area contributed by atoms with Gasteiger partial charge < -0.3 is 9.30 Å². The van der Waals surface area contributed by atoms with Crippen LogP contribution in [0.5, 0.6) is 5.75 Å². The van der Waals surface area contributed by atoms with E-state index in [1.54, 1.807) is 31.5 Å². The van der Waals surface area contributed by atoms with Gasteiger partial charge in [0, 0.05) is 18.1 Å². The Kier molecular flexibility index (Phi) is 5.41. The van der Waals surface area contributed by atoms with E-state index in [0.29, 0.717) is 17.7 Å². The summed E-state index contributed by atoms with van der Waals surface area (Å²) in [6.45, 7) is 1.94. The number of carbonyl (C=O) groups excluding carboxylic acids is 3. The van der Waals surface area contributed by atoms with Crippen molar-refractivity contribution in [3.05, 3.63) is 83.7 Å². The number of anilines is 1. The molecule has 0 radical (unpaired) electrons. The summed E-state index contributed by atoms with van der Waals surface area (Å²) in [5, 5.41) is 2.27. The Morgan fingerprint density at radius 3 is 2.45 bits per heavy atom. The van der Waals surface area contributed by atoms with Crippen LogP contribution in [0.1, 0.15) is 18.1 Å². The van der Waals surface area contributed by atoms with Crippen LogP contribution in [-0.2, 0) is 16.0 Å². The maximum Gasteiger partial charge on any atom is 0.335 e. The van der Waals surface area contributed by atoms with Crippen LogP contribution < -0.4 is 15.0 Å². The van der Waals surface area contributed by atoms with Crippen LogP contribution in [0.2, 0.25) is 0 Å². The third kappa shape index (κ3) is 3.85. The van der Waals surface area contributed by atoms with Crippen LogP contribution in [-0.4, -0.2) is 29.5 Å². The first-order valence-corrected chi connectivity index (χ1v) is 9.83. The number of aryl methyl sites for hydroxylation is 1. The van der Waals surface area contributed by atoms with Gasteiger partial charge >= 0.3 is 6.03 Å². The molecule has 1 aromatic heterocycles. The second-order valence-electron chi connectivity index (χ2n) is 6.99. The highest BCUT2D eigenvalue weighted by Gasteiger charge is 2.37. The van der Waals surface area contributed by atoms with Crippen molar-refractivity contribution in [2.45, 2.75) is 13.3 Å². The van der Waals surface area contributed by atoms with Crippen LogP contribution in [0, 0.1) is 0 Å². The minimum atomic E-state index is -0.746. The maximum absolute atomic E-state index is 13.1. The number of barbiturate groups is 1. The number of rotatable bonds is 5. The van der Waals surface area contributed by atoms with Crippen LogP contribution in [0.4, 0.5) is 10.5 Å². The van der Waals surface area contributed by atoms with Gasteiger partial charge in [0.05, 0.1) is 12.8 Å². The van der Waals surface area contributed by atoms with Crippen molar-refractivity contribution in [1.82, 2.24) is 9.88 Å². The Morgan fingerprint density at radius 2 is 1.74 bits per heavy atom. The van der Waals surface area contributed by atoms with Crippen molar-refractivity contribution in [3.8, 4) is 11.4 Å². The second kappa shape index (κ2) is 8.31. The zero-order valence-electron chi connectivity index (χ0n) is 17.2. The van der Waals surface area contributed by atoms with E-state index in [1.807, 2.05) is 54.1 Å². The molecule has 2 aromatic carbocycles. The van der Waals surface area contributed by atoms with Gasteiger partial charge in [0.25, 0.3) is 11.8 Å². The van der Waals surface area contributed by atoms with Crippen molar-refractivity contribution in [3.63, 3.8) is 0 Å². The summed E-state index contributed by atoms with van der Waals surface area (Å²) in [6, 6.07) is 15.7. The first kappa shape index (κ1) is 20.2. The normalized spacial score (nSPS) is 15.4.